The number of H-pyrrole nitrogens is 1. The van der Waals surface area contributed by atoms with Gasteiger partial charge >= 0.3 is 0 Å². The van der Waals surface area contributed by atoms with Crippen LogP contribution in [0.3, 0.4) is 0 Å². The smallest absolute Gasteiger partial charge is 0.251 e. The molecular formula is C14H24Cl2N4O2. The number of imidazole rings is 1. The molecule has 126 valence electrons. The number of aromatic amines is 1. The Kier molecular flexibility index (Phi) is 7.62. The summed E-state index contributed by atoms with van der Waals surface area (Å²) in [6, 6.07) is 0. The molecule has 0 saturated carbocycles. The van der Waals surface area contributed by atoms with Crippen LogP contribution in [0, 0.1) is 0 Å². The van der Waals surface area contributed by atoms with Crippen LogP contribution in [0.1, 0.15) is 37.3 Å². The predicted octanol–water partition coefficient (Wildman–Crippen LogP) is 1.47. The largest absolute Gasteiger partial charge is 0.364 e. The Bertz CT molecular complexity index is 450. The van der Waals surface area contributed by atoms with E-state index in [2.05, 4.69) is 9.97 Å². The molecule has 1 aromatic heterocycles. The van der Waals surface area contributed by atoms with Crippen LogP contribution in [0.5, 0.6) is 0 Å². The summed E-state index contributed by atoms with van der Waals surface area (Å²) in [5.41, 5.74) is 6.77. The fourth-order valence-electron chi connectivity index (χ4n) is 3.17. The van der Waals surface area contributed by atoms with Crippen LogP contribution in [0.15, 0.2) is 12.5 Å². The highest BCUT2D eigenvalue weighted by Crippen LogP contribution is 2.28. The number of aromatic nitrogens is 2. The van der Waals surface area contributed by atoms with Gasteiger partial charge in [-0.2, -0.15) is 0 Å². The molecule has 2 atom stereocenters. The number of nitrogens with zero attached hydrogens (tertiary/aromatic N) is 2. The normalized spacial score (nSPS) is 25.4. The van der Waals surface area contributed by atoms with Crippen molar-refractivity contribution < 1.29 is 9.53 Å². The first-order valence-electron chi connectivity index (χ1n) is 7.40. The van der Waals surface area contributed by atoms with Crippen LogP contribution in [0.25, 0.3) is 0 Å². The highest BCUT2D eigenvalue weighted by atomic mass is 35.5. The molecule has 2 aliphatic rings. The highest BCUT2D eigenvalue weighted by Gasteiger charge is 2.34. The Morgan fingerprint density at radius 2 is 2.05 bits per heavy atom. The Labute approximate surface area is 143 Å². The number of carbonyl (C=O) groups excluding carboxylic acids is 1. The van der Waals surface area contributed by atoms with Crippen molar-refractivity contribution in [3.63, 3.8) is 0 Å². The molecule has 3 heterocycles. The van der Waals surface area contributed by atoms with Crippen molar-refractivity contribution in [2.75, 3.05) is 19.6 Å². The number of amides is 1. The van der Waals surface area contributed by atoms with E-state index in [0.717, 1.165) is 38.8 Å². The third-order valence-corrected chi connectivity index (χ3v) is 4.41. The van der Waals surface area contributed by atoms with Crippen molar-refractivity contribution in [1.29, 1.82) is 0 Å². The standard InChI is InChI=1S/C14H22N4O2.2ClH/c15-7-11-1-2-13(20-11)14(19)18-5-3-10(4-6-18)12-8-16-9-17-12;;/h8-11,13H,1-7,15H2,(H,16,17);2*1H/t11-,13+;;/m1../s1. The van der Waals surface area contributed by atoms with Crippen LogP contribution < -0.4 is 5.73 Å². The van der Waals surface area contributed by atoms with E-state index in [4.69, 9.17) is 10.5 Å². The van der Waals surface area contributed by atoms with Crippen LogP contribution in [0.2, 0.25) is 0 Å². The lowest BCUT2D eigenvalue weighted by Gasteiger charge is -2.33. The second-order valence-electron chi connectivity index (χ2n) is 5.67. The molecule has 3 N–H and O–H groups in total. The maximum atomic E-state index is 12.4. The molecule has 22 heavy (non-hydrogen) atoms. The average Bonchev–Trinajstić information content (AvgIpc) is 3.18. The molecule has 1 amide bonds. The third kappa shape index (κ3) is 4.13. The van der Waals surface area contributed by atoms with Crippen molar-refractivity contribution in [3.8, 4) is 0 Å². The van der Waals surface area contributed by atoms with E-state index in [-0.39, 0.29) is 42.9 Å². The van der Waals surface area contributed by atoms with Crippen LogP contribution in [-0.2, 0) is 9.53 Å². The van der Waals surface area contributed by atoms with Gasteiger partial charge in [-0.15, -0.1) is 24.8 Å². The molecule has 3 rings (SSSR count). The number of halogens is 2. The number of nitrogens with two attached hydrogens (primary N) is 1. The molecule has 0 bridgehead atoms. The number of piperidine rings is 1. The Morgan fingerprint density at radius 3 is 2.59 bits per heavy atom. The number of likely N-dealkylation sites (tertiary alicyclic amines) is 1. The predicted molar refractivity (Wildman–Crippen MR) is 88.6 cm³/mol. The Hall–Kier alpha value is -0.820. The van der Waals surface area contributed by atoms with E-state index in [1.54, 1.807) is 6.33 Å². The number of rotatable bonds is 3. The van der Waals surface area contributed by atoms with Gasteiger partial charge in [0.15, 0.2) is 0 Å². The number of nitrogens with one attached hydrogen (secondary N) is 1. The van der Waals surface area contributed by atoms with Crippen LogP contribution >= 0.6 is 24.8 Å². The molecule has 8 heteroatoms. The summed E-state index contributed by atoms with van der Waals surface area (Å²) in [4.78, 5) is 21.6. The quantitative estimate of drug-likeness (QED) is 0.864. The lowest BCUT2D eigenvalue weighted by atomic mass is 9.93. The summed E-state index contributed by atoms with van der Waals surface area (Å²) in [6.45, 7) is 2.11. The fourth-order valence-corrected chi connectivity index (χ4v) is 3.17. The number of hydrogen-bond donors (Lipinski definition) is 2. The van der Waals surface area contributed by atoms with Crippen molar-refractivity contribution in [1.82, 2.24) is 14.9 Å². The van der Waals surface area contributed by atoms with E-state index >= 15 is 0 Å². The summed E-state index contributed by atoms with van der Waals surface area (Å²) < 4.78 is 5.69. The lowest BCUT2D eigenvalue weighted by molar-refractivity contribution is -0.143. The van der Waals surface area contributed by atoms with Gasteiger partial charge in [0.1, 0.15) is 6.10 Å². The van der Waals surface area contributed by atoms with Gasteiger partial charge in [-0.05, 0) is 25.7 Å². The first-order valence-corrected chi connectivity index (χ1v) is 7.40. The number of carbonyl (C=O) groups is 1. The molecule has 0 aromatic carbocycles. The maximum Gasteiger partial charge on any atom is 0.251 e. The number of ether oxygens (including phenoxy) is 1. The van der Waals surface area contributed by atoms with Gasteiger partial charge in [0, 0.05) is 37.4 Å². The second kappa shape index (κ2) is 8.72. The van der Waals surface area contributed by atoms with E-state index < -0.39 is 0 Å². The molecule has 2 saturated heterocycles. The topological polar surface area (TPSA) is 84.2 Å². The zero-order chi connectivity index (χ0) is 13.9. The first-order chi connectivity index (χ1) is 9.78. The van der Waals surface area contributed by atoms with E-state index in [1.165, 1.54) is 5.69 Å². The van der Waals surface area contributed by atoms with Gasteiger partial charge in [0.05, 0.1) is 12.4 Å². The zero-order valence-electron chi connectivity index (χ0n) is 12.4. The van der Waals surface area contributed by atoms with Crippen molar-refractivity contribution in [2.24, 2.45) is 5.73 Å². The van der Waals surface area contributed by atoms with E-state index in [0.29, 0.717) is 12.5 Å². The van der Waals surface area contributed by atoms with Gasteiger partial charge in [-0.25, -0.2) is 4.98 Å². The highest BCUT2D eigenvalue weighted by molar-refractivity contribution is 5.85. The lowest BCUT2D eigenvalue weighted by Crippen LogP contribution is -2.43. The molecular weight excluding hydrogens is 327 g/mol. The van der Waals surface area contributed by atoms with Gasteiger partial charge in [-0.1, -0.05) is 0 Å². The molecule has 0 aliphatic carbocycles. The summed E-state index contributed by atoms with van der Waals surface area (Å²) in [6.07, 6.45) is 7.07. The average molecular weight is 351 g/mol. The third-order valence-electron chi connectivity index (χ3n) is 4.41. The molecule has 1 aromatic rings. The fraction of sp³-hybridized carbons (Fsp3) is 0.714. The molecule has 2 aliphatic heterocycles. The van der Waals surface area contributed by atoms with Crippen molar-refractivity contribution >= 4 is 30.7 Å². The molecule has 0 unspecified atom stereocenters. The summed E-state index contributed by atoms with van der Waals surface area (Å²) in [7, 11) is 0. The summed E-state index contributed by atoms with van der Waals surface area (Å²) >= 11 is 0. The van der Waals surface area contributed by atoms with Gasteiger partial charge in [0.25, 0.3) is 5.91 Å². The van der Waals surface area contributed by atoms with Crippen LogP contribution in [0.4, 0.5) is 0 Å². The van der Waals surface area contributed by atoms with Crippen LogP contribution in [-0.4, -0.2) is 52.6 Å². The number of hydrogen-bond acceptors (Lipinski definition) is 4. The minimum Gasteiger partial charge on any atom is -0.364 e. The second-order valence-corrected chi connectivity index (χ2v) is 5.67. The molecule has 6 nitrogen and oxygen atoms in total. The van der Waals surface area contributed by atoms with E-state index in [1.807, 2.05) is 11.1 Å². The molecule has 0 spiro atoms. The minimum atomic E-state index is -0.271. The summed E-state index contributed by atoms with van der Waals surface area (Å²) in [5.74, 6) is 0.631. The van der Waals surface area contributed by atoms with Gasteiger partial charge in [0.2, 0.25) is 0 Å². The van der Waals surface area contributed by atoms with Gasteiger partial charge in [-0.3, -0.25) is 4.79 Å². The minimum absolute atomic E-state index is 0. The maximum absolute atomic E-state index is 12.4. The summed E-state index contributed by atoms with van der Waals surface area (Å²) in [5, 5.41) is 0. The zero-order valence-corrected chi connectivity index (χ0v) is 14.1. The first kappa shape index (κ1) is 19.2. The van der Waals surface area contributed by atoms with E-state index in [9.17, 15) is 4.79 Å². The Morgan fingerprint density at radius 1 is 1.32 bits per heavy atom. The Balaban J connectivity index is 0.00000121. The molecule has 2 fully saturated rings. The van der Waals surface area contributed by atoms with Crippen molar-refractivity contribution in [3.05, 3.63) is 18.2 Å². The monoisotopic (exact) mass is 350 g/mol. The van der Waals surface area contributed by atoms with Gasteiger partial charge < -0.3 is 20.4 Å². The SMILES string of the molecule is Cl.Cl.NC[C@H]1CC[C@@H](C(=O)N2CCC(c3cnc[nH]3)CC2)O1. The molecule has 0 radical (unpaired) electrons. The van der Waals surface area contributed by atoms with Crippen molar-refractivity contribution in [2.45, 2.75) is 43.8 Å².